The van der Waals surface area contributed by atoms with Gasteiger partial charge in [0.05, 0.1) is 30.8 Å². The Hall–Kier alpha value is -3.06. The second kappa shape index (κ2) is 8.75. The molecule has 0 heterocycles. The van der Waals surface area contributed by atoms with Gasteiger partial charge in [0.25, 0.3) is 10.0 Å². The normalized spacial score (nSPS) is 12.3. The molecule has 1 atom stereocenters. The lowest BCUT2D eigenvalue weighted by atomic mass is 10.1. The van der Waals surface area contributed by atoms with Crippen LogP contribution in [-0.2, 0) is 10.0 Å². The molecule has 0 aliphatic carbocycles. The summed E-state index contributed by atoms with van der Waals surface area (Å²) in [5.74, 6) is 0.583. The number of rotatable bonds is 7. The van der Waals surface area contributed by atoms with Gasteiger partial charge in [0.1, 0.15) is 17.3 Å². The average Bonchev–Trinajstić information content (AvgIpc) is 2.76. The highest BCUT2D eigenvalue weighted by molar-refractivity contribution is 7.92. The summed E-state index contributed by atoms with van der Waals surface area (Å²) in [5, 5.41) is 0. The quantitative estimate of drug-likeness (QED) is 0.524. The SMILES string of the molecule is COc1ccc(OC)c(C(C)N(c2ccc(C)c(F)c2)S(=O)(=O)c2ccccc2)c1. The van der Waals surface area contributed by atoms with Gasteiger partial charge in [0, 0.05) is 5.56 Å². The number of ether oxygens (including phenoxy) is 2. The van der Waals surface area contributed by atoms with Crippen LogP contribution in [0.25, 0.3) is 0 Å². The van der Waals surface area contributed by atoms with E-state index in [9.17, 15) is 12.8 Å². The molecule has 0 saturated heterocycles. The Morgan fingerprint density at radius 3 is 2.23 bits per heavy atom. The summed E-state index contributed by atoms with van der Waals surface area (Å²) >= 11 is 0. The average molecular weight is 430 g/mol. The van der Waals surface area contributed by atoms with Crippen molar-refractivity contribution in [2.45, 2.75) is 24.8 Å². The molecule has 0 N–H and O–H groups in total. The Balaban J connectivity index is 2.23. The van der Waals surface area contributed by atoms with Gasteiger partial charge in [0.15, 0.2) is 0 Å². The zero-order chi connectivity index (χ0) is 21.9. The molecule has 0 radical (unpaired) electrons. The number of sulfonamides is 1. The third-order valence-electron chi connectivity index (χ3n) is 4.95. The van der Waals surface area contributed by atoms with Crippen molar-refractivity contribution in [3.05, 3.63) is 83.7 Å². The van der Waals surface area contributed by atoms with Crippen LogP contribution in [0.3, 0.4) is 0 Å². The molecular formula is C23H24FNO4S. The van der Waals surface area contributed by atoms with E-state index >= 15 is 0 Å². The Kier molecular flexibility index (Phi) is 6.31. The van der Waals surface area contributed by atoms with Gasteiger partial charge in [-0.2, -0.15) is 0 Å². The van der Waals surface area contributed by atoms with Crippen molar-refractivity contribution in [2.24, 2.45) is 0 Å². The van der Waals surface area contributed by atoms with Crippen molar-refractivity contribution < 1.29 is 22.3 Å². The molecule has 5 nitrogen and oxygen atoms in total. The number of hydrogen-bond acceptors (Lipinski definition) is 4. The van der Waals surface area contributed by atoms with Gasteiger partial charge in [-0.15, -0.1) is 0 Å². The molecule has 0 bridgehead atoms. The van der Waals surface area contributed by atoms with E-state index in [1.807, 2.05) is 0 Å². The first-order chi connectivity index (χ1) is 14.3. The summed E-state index contributed by atoms with van der Waals surface area (Å²) < 4.78 is 53.6. The number of methoxy groups -OCH3 is 2. The highest BCUT2D eigenvalue weighted by atomic mass is 32.2. The van der Waals surface area contributed by atoms with E-state index in [4.69, 9.17) is 9.47 Å². The highest BCUT2D eigenvalue weighted by Crippen LogP contribution is 2.38. The molecule has 0 aromatic heterocycles. The number of aryl methyl sites for hydroxylation is 1. The topological polar surface area (TPSA) is 55.8 Å². The largest absolute Gasteiger partial charge is 0.497 e. The molecule has 1 unspecified atom stereocenters. The van der Waals surface area contributed by atoms with E-state index in [-0.39, 0.29) is 10.6 Å². The Bertz CT molecular complexity index is 1130. The van der Waals surface area contributed by atoms with Crippen molar-refractivity contribution in [2.75, 3.05) is 18.5 Å². The maximum Gasteiger partial charge on any atom is 0.264 e. The number of halogens is 1. The minimum absolute atomic E-state index is 0.111. The first-order valence-electron chi connectivity index (χ1n) is 9.37. The molecular weight excluding hydrogens is 405 g/mol. The minimum atomic E-state index is -4.01. The zero-order valence-electron chi connectivity index (χ0n) is 17.3. The number of benzene rings is 3. The molecule has 0 aliphatic heterocycles. The van der Waals surface area contributed by atoms with Crippen molar-refractivity contribution in [3.8, 4) is 11.5 Å². The third kappa shape index (κ3) is 4.11. The Labute approximate surface area is 176 Å². The molecule has 0 spiro atoms. The van der Waals surface area contributed by atoms with Crippen LogP contribution in [-0.4, -0.2) is 22.6 Å². The van der Waals surface area contributed by atoms with Crippen LogP contribution < -0.4 is 13.8 Å². The summed E-state index contributed by atoms with van der Waals surface area (Å²) in [5.41, 5.74) is 1.25. The summed E-state index contributed by atoms with van der Waals surface area (Å²) in [4.78, 5) is 0.111. The van der Waals surface area contributed by atoms with Crippen molar-refractivity contribution in [3.63, 3.8) is 0 Å². The van der Waals surface area contributed by atoms with Gasteiger partial charge < -0.3 is 9.47 Å². The zero-order valence-corrected chi connectivity index (χ0v) is 18.1. The number of nitrogens with zero attached hydrogens (tertiary/aromatic N) is 1. The first-order valence-corrected chi connectivity index (χ1v) is 10.8. The molecule has 3 aromatic carbocycles. The fourth-order valence-corrected chi connectivity index (χ4v) is 4.94. The molecule has 158 valence electrons. The van der Waals surface area contributed by atoms with Crippen LogP contribution in [0.1, 0.15) is 24.1 Å². The van der Waals surface area contributed by atoms with Gasteiger partial charge >= 0.3 is 0 Å². The second-order valence-corrected chi connectivity index (χ2v) is 8.65. The van der Waals surface area contributed by atoms with Gasteiger partial charge in [0.2, 0.25) is 0 Å². The number of anilines is 1. The molecule has 0 aliphatic rings. The van der Waals surface area contributed by atoms with Crippen LogP contribution in [0, 0.1) is 12.7 Å². The van der Waals surface area contributed by atoms with Crippen molar-refractivity contribution >= 4 is 15.7 Å². The van der Waals surface area contributed by atoms with E-state index in [2.05, 4.69) is 0 Å². The fourth-order valence-electron chi connectivity index (χ4n) is 3.29. The predicted molar refractivity (Wildman–Crippen MR) is 115 cm³/mol. The van der Waals surface area contributed by atoms with Crippen LogP contribution in [0.15, 0.2) is 71.6 Å². The van der Waals surface area contributed by atoms with Crippen LogP contribution in [0.5, 0.6) is 11.5 Å². The van der Waals surface area contributed by atoms with Gasteiger partial charge in [-0.3, -0.25) is 4.31 Å². The summed E-state index contributed by atoms with van der Waals surface area (Å²) in [7, 11) is -0.960. The Morgan fingerprint density at radius 1 is 0.933 bits per heavy atom. The van der Waals surface area contributed by atoms with E-state index in [0.717, 1.165) is 0 Å². The standard InChI is InChI=1S/C23H24FNO4S/c1-16-10-11-18(14-22(16)24)25(30(26,27)20-8-6-5-7-9-20)17(2)21-15-19(28-3)12-13-23(21)29-4/h5-15,17H,1-4H3. The molecule has 0 amide bonds. The van der Waals surface area contributed by atoms with Crippen LogP contribution in [0.4, 0.5) is 10.1 Å². The van der Waals surface area contributed by atoms with Crippen molar-refractivity contribution in [1.29, 1.82) is 0 Å². The van der Waals surface area contributed by atoms with E-state index in [0.29, 0.717) is 22.6 Å². The fraction of sp³-hybridized carbons (Fsp3) is 0.217. The molecule has 30 heavy (non-hydrogen) atoms. The Morgan fingerprint density at radius 2 is 1.63 bits per heavy atom. The van der Waals surface area contributed by atoms with Crippen molar-refractivity contribution in [1.82, 2.24) is 0 Å². The van der Waals surface area contributed by atoms with Gasteiger partial charge in [-0.05, 0) is 61.9 Å². The predicted octanol–water partition coefficient (Wildman–Crippen LogP) is 5.11. The van der Waals surface area contributed by atoms with E-state index < -0.39 is 21.9 Å². The third-order valence-corrected chi connectivity index (χ3v) is 6.86. The van der Waals surface area contributed by atoms with E-state index in [1.165, 1.54) is 36.7 Å². The summed E-state index contributed by atoms with van der Waals surface area (Å²) in [6.07, 6.45) is 0. The summed E-state index contributed by atoms with van der Waals surface area (Å²) in [6, 6.07) is 16.9. The van der Waals surface area contributed by atoms with Gasteiger partial charge in [-0.25, -0.2) is 12.8 Å². The summed E-state index contributed by atoms with van der Waals surface area (Å²) in [6.45, 7) is 3.36. The molecule has 0 fully saturated rings. The molecule has 3 rings (SSSR count). The lowest BCUT2D eigenvalue weighted by Crippen LogP contribution is -2.34. The monoisotopic (exact) mass is 429 g/mol. The molecule has 3 aromatic rings. The minimum Gasteiger partial charge on any atom is -0.497 e. The highest BCUT2D eigenvalue weighted by Gasteiger charge is 2.32. The maximum atomic E-state index is 14.4. The smallest absolute Gasteiger partial charge is 0.264 e. The van der Waals surface area contributed by atoms with Gasteiger partial charge in [-0.1, -0.05) is 24.3 Å². The lowest BCUT2D eigenvalue weighted by Gasteiger charge is -2.32. The maximum absolute atomic E-state index is 14.4. The lowest BCUT2D eigenvalue weighted by molar-refractivity contribution is 0.396. The second-order valence-electron chi connectivity index (χ2n) is 6.83. The number of hydrogen-bond donors (Lipinski definition) is 0. The molecule has 0 saturated carbocycles. The molecule has 7 heteroatoms. The van der Waals surface area contributed by atoms with E-state index in [1.54, 1.807) is 62.4 Å². The van der Waals surface area contributed by atoms with Crippen LogP contribution >= 0.6 is 0 Å². The first kappa shape index (κ1) is 21.6. The van der Waals surface area contributed by atoms with Crippen LogP contribution in [0.2, 0.25) is 0 Å².